The van der Waals surface area contributed by atoms with Crippen molar-refractivity contribution in [2.24, 2.45) is 0 Å². The summed E-state index contributed by atoms with van der Waals surface area (Å²) in [5, 5.41) is 7.77. The van der Waals surface area contributed by atoms with Crippen LogP contribution >= 0.6 is 0 Å². The van der Waals surface area contributed by atoms with Gasteiger partial charge >= 0.3 is 6.01 Å². The smallest absolute Gasteiger partial charge is 0.318 e. The molecule has 6 rings (SSSR count). The van der Waals surface area contributed by atoms with Gasteiger partial charge in [0, 0.05) is 24.0 Å². The van der Waals surface area contributed by atoms with Crippen LogP contribution in [0.3, 0.4) is 0 Å². The summed E-state index contributed by atoms with van der Waals surface area (Å²) in [6.07, 6.45) is 10.2. The lowest BCUT2D eigenvalue weighted by Crippen LogP contribution is -2.62. The minimum atomic E-state index is -0.0457. The van der Waals surface area contributed by atoms with Crippen molar-refractivity contribution < 1.29 is 9.15 Å². The lowest BCUT2D eigenvalue weighted by atomic mass is 9.84. The summed E-state index contributed by atoms with van der Waals surface area (Å²) in [7, 11) is 0. The van der Waals surface area contributed by atoms with E-state index in [4.69, 9.17) is 9.15 Å². The van der Waals surface area contributed by atoms with Crippen molar-refractivity contribution in [1.29, 1.82) is 0 Å². The summed E-state index contributed by atoms with van der Waals surface area (Å²) < 4.78 is 11.6. The van der Waals surface area contributed by atoms with Crippen LogP contribution in [0.5, 0.6) is 0 Å². The fraction of sp³-hybridized carbons (Fsp3) is 0.478. The van der Waals surface area contributed by atoms with Crippen LogP contribution in [0.2, 0.25) is 0 Å². The zero-order valence-electron chi connectivity index (χ0n) is 17.4. The minimum Gasteiger partial charge on any atom is -0.411 e. The summed E-state index contributed by atoms with van der Waals surface area (Å²) >= 11 is 0. The third kappa shape index (κ3) is 3.49. The molecule has 0 N–H and O–H groups in total. The van der Waals surface area contributed by atoms with Gasteiger partial charge in [0.1, 0.15) is 11.9 Å². The van der Waals surface area contributed by atoms with E-state index in [2.05, 4.69) is 54.2 Å². The number of aromatic nitrogens is 4. The highest BCUT2D eigenvalue weighted by atomic mass is 16.5. The van der Waals surface area contributed by atoms with Crippen LogP contribution in [0.1, 0.15) is 30.7 Å². The molecular weight excluding hydrogens is 392 g/mol. The van der Waals surface area contributed by atoms with Gasteiger partial charge in [0.15, 0.2) is 0 Å². The van der Waals surface area contributed by atoms with E-state index in [9.17, 15) is 0 Å². The Bertz CT molecular complexity index is 1010. The first-order valence-corrected chi connectivity index (χ1v) is 11.0. The fourth-order valence-electron chi connectivity index (χ4n) is 5.49. The Balaban J connectivity index is 1.08. The molecule has 5 heterocycles. The molecular formula is C23H26N6O2. The number of hydrogen-bond acceptors (Lipinski definition) is 8. The largest absolute Gasteiger partial charge is 0.411 e. The summed E-state index contributed by atoms with van der Waals surface area (Å²) in [5.74, 6) is 0.570. The fourth-order valence-corrected chi connectivity index (χ4v) is 5.49. The van der Waals surface area contributed by atoms with Gasteiger partial charge in [-0.1, -0.05) is 29.4 Å². The van der Waals surface area contributed by atoms with E-state index < -0.39 is 0 Å². The monoisotopic (exact) mass is 418 g/mol. The Labute approximate surface area is 181 Å². The maximum absolute atomic E-state index is 6.27. The molecule has 0 bridgehead atoms. The quantitative estimate of drug-likeness (QED) is 0.640. The molecule has 3 aliphatic rings. The van der Waals surface area contributed by atoms with Crippen molar-refractivity contribution >= 4 is 6.01 Å². The second kappa shape index (κ2) is 7.69. The molecule has 8 nitrogen and oxygen atoms in total. The number of likely N-dealkylation sites (tertiary alicyclic amines) is 1. The molecule has 0 unspecified atom stereocenters. The Kier molecular flexibility index (Phi) is 4.69. The molecule has 1 atom stereocenters. The van der Waals surface area contributed by atoms with Crippen LogP contribution < -0.4 is 4.90 Å². The van der Waals surface area contributed by atoms with Crippen LogP contribution in [0, 0.1) is 0 Å². The van der Waals surface area contributed by atoms with E-state index in [0.717, 1.165) is 44.8 Å². The first-order chi connectivity index (χ1) is 15.3. The molecule has 0 saturated carbocycles. The summed E-state index contributed by atoms with van der Waals surface area (Å²) in [4.78, 5) is 13.2. The van der Waals surface area contributed by atoms with Crippen molar-refractivity contribution in [1.82, 2.24) is 25.1 Å². The topological polar surface area (TPSA) is 80.4 Å². The van der Waals surface area contributed by atoms with Gasteiger partial charge in [-0.2, -0.15) is 0 Å². The van der Waals surface area contributed by atoms with Gasteiger partial charge in [0.05, 0.1) is 19.7 Å². The lowest BCUT2D eigenvalue weighted by molar-refractivity contribution is -0.0216. The van der Waals surface area contributed by atoms with Crippen LogP contribution in [-0.2, 0) is 4.74 Å². The van der Waals surface area contributed by atoms with Gasteiger partial charge in [-0.25, -0.2) is 9.97 Å². The molecule has 1 spiro atoms. The highest BCUT2D eigenvalue weighted by Crippen LogP contribution is 2.41. The third-order valence-corrected chi connectivity index (χ3v) is 7.08. The van der Waals surface area contributed by atoms with E-state index in [1.807, 2.05) is 12.4 Å². The molecule has 3 saturated heterocycles. The van der Waals surface area contributed by atoms with Crippen molar-refractivity contribution in [3.63, 3.8) is 0 Å². The van der Waals surface area contributed by atoms with Gasteiger partial charge in [-0.15, -0.1) is 5.10 Å². The SMILES string of the molecule is c1ccc(C2CCN([C@@H]3COC4(C3)CN(c3nnco3)C4)CC2)c(-c2cncnc2)c1. The molecule has 3 fully saturated rings. The van der Waals surface area contributed by atoms with Gasteiger partial charge in [0.2, 0.25) is 6.39 Å². The number of nitrogens with zero attached hydrogens (tertiary/aromatic N) is 6. The number of hydrogen-bond donors (Lipinski definition) is 0. The number of anilines is 1. The summed E-state index contributed by atoms with van der Waals surface area (Å²) in [6, 6.07) is 9.82. The maximum atomic E-state index is 6.27. The second-order valence-electron chi connectivity index (χ2n) is 8.95. The first kappa shape index (κ1) is 18.9. The molecule has 8 heteroatoms. The minimum absolute atomic E-state index is 0.0457. The van der Waals surface area contributed by atoms with Gasteiger partial charge in [-0.05, 0) is 49.4 Å². The van der Waals surface area contributed by atoms with Gasteiger partial charge in [-0.3, -0.25) is 4.90 Å². The molecule has 31 heavy (non-hydrogen) atoms. The Morgan fingerprint density at radius 2 is 1.84 bits per heavy atom. The van der Waals surface area contributed by atoms with Crippen LogP contribution in [0.4, 0.5) is 6.01 Å². The second-order valence-corrected chi connectivity index (χ2v) is 8.95. The zero-order valence-corrected chi connectivity index (χ0v) is 17.4. The summed E-state index contributed by atoms with van der Waals surface area (Å²) in [5.41, 5.74) is 3.74. The Morgan fingerprint density at radius 3 is 2.61 bits per heavy atom. The van der Waals surface area contributed by atoms with Crippen LogP contribution in [0.15, 0.2) is 53.8 Å². The molecule has 2 aromatic heterocycles. The van der Waals surface area contributed by atoms with E-state index in [-0.39, 0.29) is 5.60 Å². The van der Waals surface area contributed by atoms with Crippen molar-refractivity contribution in [2.75, 3.05) is 37.7 Å². The molecule has 3 aromatic rings. The van der Waals surface area contributed by atoms with Crippen molar-refractivity contribution in [3.8, 4) is 11.1 Å². The highest BCUT2D eigenvalue weighted by Gasteiger charge is 2.52. The molecule has 0 amide bonds. The van der Waals surface area contributed by atoms with E-state index in [1.54, 1.807) is 6.33 Å². The molecule has 0 radical (unpaired) electrons. The third-order valence-electron chi connectivity index (χ3n) is 7.08. The number of benzene rings is 1. The number of ether oxygens (including phenoxy) is 1. The average molecular weight is 419 g/mol. The van der Waals surface area contributed by atoms with E-state index in [1.165, 1.54) is 30.4 Å². The first-order valence-electron chi connectivity index (χ1n) is 11.0. The maximum Gasteiger partial charge on any atom is 0.318 e. The normalized spacial score (nSPS) is 23.9. The Hall–Kier alpha value is -2.84. The number of rotatable bonds is 4. The van der Waals surface area contributed by atoms with Crippen molar-refractivity contribution in [3.05, 3.63) is 54.9 Å². The lowest BCUT2D eigenvalue weighted by Gasteiger charge is -2.46. The Morgan fingerprint density at radius 1 is 1.03 bits per heavy atom. The van der Waals surface area contributed by atoms with Gasteiger partial charge in [0.25, 0.3) is 0 Å². The van der Waals surface area contributed by atoms with E-state index >= 15 is 0 Å². The predicted molar refractivity (Wildman–Crippen MR) is 115 cm³/mol. The zero-order chi connectivity index (χ0) is 20.7. The average Bonchev–Trinajstić information content (AvgIpc) is 3.49. The van der Waals surface area contributed by atoms with Gasteiger partial charge < -0.3 is 14.1 Å². The molecule has 3 aliphatic heterocycles. The standard InChI is InChI=1S/C23H26N6O2/c1-2-4-21(18-10-24-15-25-11-18)20(3-1)17-5-7-28(8-6-17)19-9-23(31-12-19)13-29(14-23)22-27-26-16-30-22/h1-4,10-11,15-17,19H,5-9,12-14H2/t19-/m0/s1. The van der Waals surface area contributed by atoms with Crippen LogP contribution in [-0.4, -0.2) is 69.5 Å². The molecule has 0 aliphatic carbocycles. The van der Waals surface area contributed by atoms with Crippen molar-refractivity contribution in [2.45, 2.75) is 36.8 Å². The molecule has 160 valence electrons. The summed E-state index contributed by atoms with van der Waals surface area (Å²) in [6.45, 7) is 4.73. The highest BCUT2D eigenvalue weighted by molar-refractivity contribution is 5.66. The van der Waals surface area contributed by atoms with Crippen LogP contribution in [0.25, 0.3) is 11.1 Å². The predicted octanol–water partition coefficient (Wildman–Crippen LogP) is 2.75. The van der Waals surface area contributed by atoms with E-state index in [0.29, 0.717) is 18.0 Å². The number of piperidine rings is 1. The molecule has 1 aromatic carbocycles.